The van der Waals surface area contributed by atoms with Crippen LogP contribution in [0.4, 0.5) is 5.69 Å². The molecular formula is C16H18ClNO. The van der Waals surface area contributed by atoms with Crippen LogP contribution in [-0.2, 0) is 0 Å². The fourth-order valence-electron chi connectivity index (χ4n) is 1.88. The second kappa shape index (κ2) is 7.05. The Labute approximate surface area is 119 Å². The summed E-state index contributed by atoms with van der Waals surface area (Å²) in [5.41, 5.74) is 2.19. The van der Waals surface area contributed by atoms with Gasteiger partial charge in [0.15, 0.2) is 0 Å². The van der Waals surface area contributed by atoms with Crippen molar-refractivity contribution in [2.45, 2.75) is 12.3 Å². The number of halogens is 1. The molecule has 0 fully saturated rings. The van der Waals surface area contributed by atoms with Crippen molar-refractivity contribution in [2.75, 3.05) is 18.5 Å². The molecule has 0 spiro atoms. The van der Waals surface area contributed by atoms with Crippen LogP contribution in [0.1, 0.15) is 17.9 Å². The Morgan fingerprint density at radius 1 is 1.05 bits per heavy atom. The molecule has 2 aromatic carbocycles. The highest BCUT2D eigenvalue weighted by atomic mass is 35.5. The first-order chi connectivity index (χ1) is 9.27. The van der Waals surface area contributed by atoms with E-state index in [4.69, 9.17) is 16.3 Å². The van der Waals surface area contributed by atoms with Crippen LogP contribution in [-0.4, -0.2) is 13.2 Å². The van der Waals surface area contributed by atoms with Gasteiger partial charge in [0.2, 0.25) is 0 Å². The van der Waals surface area contributed by atoms with Gasteiger partial charge < -0.3 is 10.1 Å². The van der Waals surface area contributed by atoms with Crippen LogP contribution in [0.15, 0.2) is 54.6 Å². The summed E-state index contributed by atoms with van der Waals surface area (Å²) in [6.45, 7) is 3.34. The van der Waals surface area contributed by atoms with Crippen LogP contribution in [0.25, 0.3) is 0 Å². The number of hydrogen-bond acceptors (Lipinski definition) is 2. The summed E-state index contributed by atoms with van der Waals surface area (Å²) in [5, 5.41) is 3.35. The molecule has 19 heavy (non-hydrogen) atoms. The Kier molecular flexibility index (Phi) is 5.10. The zero-order valence-corrected chi connectivity index (χ0v) is 11.7. The highest BCUT2D eigenvalue weighted by molar-refractivity contribution is 6.21. The quantitative estimate of drug-likeness (QED) is 0.620. The molecule has 0 aliphatic rings. The zero-order chi connectivity index (χ0) is 13.5. The number of hydrogen-bond donors (Lipinski definition) is 1. The molecule has 3 heteroatoms. The first-order valence-corrected chi connectivity index (χ1v) is 6.86. The van der Waals surface area contributed by atoms with E-state index in [0.717, 1.165) is 23.5 Å². The van der Waals surface area contributed by atoms with Crippen LogP contribution >= 0.6 is 11.6 Å². The molecule has 100 valence electrons. The predicted molar refractivity (Wildman–Crippen MR) is 81.1 cm³/mol. The van der Waals surface area contributed by atoms with E-state index in [-0.39, 0.29) is 5.38 Å². The van der Waals surface area contributed by atoms with Gasteiger partial charge in [0.25, 0.3) is 0 Å². The summed E-state index contributed by atoms with van der Waals surface area (Å²) in [6.07, 6.45) is 0. The molecule has 0 aliphatic carbocycles. The highest BCUT2D eigenvalue weighted by Gasteiger charge is 2.06. The number of ether oxygens (including phenoxy) is 1. The second-order valence-electron chi connectivity index (χ2n) is 4.29. The van der Waals surface area contributed by atoms with E-state index in [0.29, 0.717) is 6.61 Å². The minimum atomic E-state index is -0.00117. The van der Waals surface area contributed by atoms with Crippen molar-refractivity contribution in [1.82, 2.24) is 0 Å². The Morgan fingerprint density at radius 3 is 2.47 bits per heavy atom. The fourth-order valence-corrected chi connectivity index (χ4v) is 2.07. The van der Waals surface area contributed by atoms with E-state index >= 15 is 0 Å². The Morgan fingerprint density at radius 2 is 1.74 bits per heavy atom. The summed E-state index contributed by atoms with van der Waals surface area (Å²) in [5.74, 6) is 0.892. The predicted octanol–water partition coefficient (Wildman–Crippen LogP) is 4.48. The van der Waals surface area contributed by atoms with Gasteiger partial charge in [-0.3, -0.25) is 0 Å². The summed E-state index contributed by atoms with van der Waals surface area (Å²) >= 11 is 6.15. The Hall–Kier alpha value is -1.67. The van der Waals surface area contributed by atoms with Crippen molar-refractivity contribution in [3.63, 3.8) is 0 Å². The van der Waals surface area contributed by atoms with Gasteiger partial charge in [-0.2, -0.15) is 0 Å². The minimum Gasteiger partial charge on any atom is -0.492 e. The molecule has 0 radical (unpaired) electrons. The number of anilines is 1. The molecule has 1 atom stereocenters. The van der Waals surface area contributed by atoms with Gasteiger partial charge in [-0.25, -0.2) is 0 Å². The second-order valence-corrected chi connectivity index (χ2v) is 4.95. The van der Waals surface area contributed by atoms with E-state index in [1.807, 2.05) is 61.5 Å². The van der Waals surface area contributed by atoms with E-state index in [1.54, 1.807) is 0 Å². The van der Waals surface area contributed by atoms with Gasteiger partial charge >= 0.3 is 0 Å². The molecule has 2 nitrogen and oxygen atoms in total. The molecular weight excluding hydrogens is 258 g/mol. The summed E-state index contributed by atoms with van der Waals surface area (Å²) < 4.78 is 5.63. The largest absolute Gasteiger partial charge is 0.492 e. The average molecular weight is 276 g/mol. The van der Waals surface area contributed by atoms with Crippen molar-refractivity contribution < 1.29 is 4.74 Å². The monoisotopic (exact) mass is 275 g/mol. The van der Waals surface area contributed by atoms with E-state index in [9.17, 15) is 0 Å². The number of benzene rings is 2. The molecule has 2 aromatic rings. The molecule has 0 saturated carbocycles. The number of para-hydroxylation sites is 2. The number of nitrogens with one attached hydrogen (secondary N) is 1. The lowest BCUT2D eigenvalue weighted by atomic mass is 10.1. The normalized spacial score (nSPS) is 11.9. The third-order valence-electron chi connectivity index (χ3n) is 2.82. The first kappa shape index (κ1) is 13.8. The topological polar surface area (TPSA) is 21.3 Å². The molecule has 1 unspecified atom stereocenters. The number of alkyl halides is 1. The van der Waals surface area contributed by atoms with Gasteiger partial charge in [-0.05, 0) is 30.7 Å². The fraction of sp³-hybridized carbons (Fsp3) is 0.250. The minimum absolute atomic E-state index is 0.00117. The molecule has 2 rings (SSSR count). The maximum Gasteiger partial charge on any atom is 0.119 e. The van der Waals surface area contributed by atoms with E-state index < -0.39 is 0 Å². The van der Waals surface area contributed by atoms with Crippen molar-refractivity contribution in [1.29, 1.82) is 0 Å². The molecule has 0 saturated heterocycles. The van der Waals surface area contributed by atoms with Crippen LogP contribution in [0.2, 0.25) is 0 Å². The first-order valence-electron chi connectivity index (χ1n) is 6.42. The molecule has 0 aromatic heterocycles. The van der Waals surface area contributed by atoms with Crippen LogP contribution in [0.3, 0.4) is 0 Å². The molecule has 0 aliphatic heterocycles. The lowest BCUT2D eigenvalue weighted by Crippen LogP contribution is -2.12. The molecule has 0 bridgehead atoms. The van der Waals surface area contributed by atoms with Crippen LogP contribution in [0.5, 0.6) is 5.75 Å². The van der Waals surface area contributed by atoms with Crippen molar-refractivity contribution in [2.24, 2.45) is 0 Å². The van der Waals surface area contributed by atoms with Gasteiger partial charge in [0, 0.05) is 12.2 Å². The summed E-state index contributed by atoms with van der Waals surface area (Å²) in [7, 11) is 0. The van der Waals surface area contributed by atoms with E-state index in [1.165, 1.54) is 0 Å². The van der Waals surface area contributed by atoms with Crippen LogP contribution < -0.4 is 10.1 Å². The van der Waals surface area contributed by atoms with Gasteiger partial charge in [0.05, 0.1) is 5.38 Å². The standard InChI is InChI=1S/C16H18ClNO/c1-13(17)15-9-5-6-10-16(15)18-11-12-19-14-7-3-2-4-8-14/h2-10,13,18H,11-12H2,1H3. The molecule has 1 N–H and O–H groups in total. The smallest absolute Gasteiger partial charge is 0.119 e. The van der Waals surface area contributed by atoms with Crippen LogP contribution in [0, 0.1) is 0 Å². The van der Waals surface area contributed by atoms with E-state index in [2.05, 4.69) is 5.32 Å². The lowest BCUT2D eigenvalue weighted by molar-refractivity contribution is 0.333. The van der Waals surface area contributed by atoms with Crippen molar-refractivity contribution in [3.8, 4) is 5.75 Å². The highest BCUT2D eigenvalue weighted by Crippen LogP contribution is 2.26. The average Bonchev–Trinajstić information content (AvgIpc) is 2.45. The van der Waals surface area contributed by atoms with Gasteiger partial charge in [-0.1, -0.05) is 36.4 Å². The van der Waals surface area contributed by atoms with Crippen molar-refractivity contribution in [3.05, 3.63) is 60.2 Å². The van der Waals surface area contributed by atoms with Gasteiger partial charge in [0.1, 0.15) is 12.4 Å². The molecule has 0 amide bonds. The summed E-state index contributed by atoms with van der Waals surface area (Å²) in [4.78, 5) is 0. The third kappa shape index (κ3) is 4.18. The zero-order valence-electron chi connectivity index (χ0n) is 11.0. The Balaban J connectivity index is 1.83. The third-order valence-corrected chi connectivity index (χ3v) is 3.05. The SMILES string of the molecule is CC(Cl)c1ccccc1NCCOc1ccccc1. The lowest BCUT2D eigenvalue weighted by Gasteiger charge is -2.13. The van der Waals surface area contributed by atoms with Crippen molar-refractivity contribution >= 4 is 17.3 Å². The van der Waals surface area contributed by atoms with Gasteiger partial charge in [-0.15, -0.1) is 11.6 Å². The number of rotatable bonds is 6. The maximum atomic E-state index is 6.15. The summed E-state index contributed by atoms with van der Waals surface area (Å²) in [6, 6.07) is 17.9. The Bertz CT molecular complexity index is 499. The molecule has 0 heterocycles. The maximum absolute atomic E-state index is 6.15.